The van der Waals surface area contributed by atoms with Gasteiger partial charge in [0.15, 0.2) is 0 Å². The molecule has 0 unspecified atom stereocenters. The number of piperidine rings is 1. The Hall–Kier alpha value is -2.11. The first-order chi connectivity index (χ1) is 11.5. The summed E-state index contributed by atoms with van der Waals surface area (Å²) < 4.78 is 0. The van der Waals surface area contributed by atoms with E-state index in [1.54, 1.807) is 6.20 Å². The second kappa shape index (κ2) is 8.66. The average Bonchev–Trinajstić information content (AvgIpc) is 2.60. The Morgan fingerprint density at radius 3 is 2.88 bits per heavy atom. The van der Waals surface area contributed by atoms with Gasteiger partial charge in [-0.05, 0) is 31.4 Å². The van der Waals surface area contributed by atoms with Gasteiger partial charge in [0.05, 0.1) is 17.8 Å². The van der Waals surface area contributed by atoms with Gasteiger partial charge in [0, 0.05) is 19.0 Å². The molecular weight excluding hydrogens is 304 g/mol. The molecule has 1 aromatic heterocycles. The molecule has 1 aliphatic rings. The Kier molecular flexibility index (Phi) is 6.58. The number of amides is 2. The van der Waals surface area contributed by atoms with Gasteiger partial charge in [-0.25, -0.2) is 4.98 Å². The number of nitrogens with zero attached hydrogens (tertiary/aromatic N) is 2. The van der Waals surface area contributed by atoms with Gasteiger partial charge in [-0.2, -0.15) is 0 Å². The van der Waals surface area contributed by atoms with Crippen LogP contribution in [0.2, 0.25) is 0 Å². The summed E-state index contributed by atoms with van der Waals surface area (Å²) in [5.74, 6) is 0.495. The third-order valence-electron chi connectivity index (χ3n) is 4.60. The second-order valence-electron chi connectivity index (χ2n) is 6.63. The Morgan fingerprint density at radius 2 is 2.25 bits per heavy atom. The molecule has 1 saturated heterocycles. The molecule has 3 N–H and O–H groups in total. The van der Waals surface area contributed by atoms with Gasteiger partial charge < -0.3 is 16.0 Å². The number of carbonyl (C=O) groups excluding carboxylic acids is 2. The van der Waals surface area contributed by atoms with Gasteiger partial charge >= 0.3 is 0 Å². The van der Waals surface area contributed by atoms with E-state index in [4.69, 9.17) is 5.73 Å². The molecule has 132 valence electrons. The van der Waals surface area contributed by atoms with Crippen molar-refractivity contribution in [1.29, 1.82) is 0 Å². The van der Waals surface area contributed by atoms with E-state index >= 15 is 0 Å². The standard InChI is InChI=1S/C18H28N4O2/c1-3-4-6-13(2)18(24)21-15-8-9-16(20-11-15)22-10-5-7-14(12-22)17(19)23/h8-9,11,13-14H,3-7,10,12H2,1-2H3,(H2,19,23)(H,21,24)/t13-,14+/m1/s1. The van der Waals surface area contributed by atoms with Crippen molar-refractivity contribution in [1.82, 2.24) is 4.98 Å². The smallest absolute Gasteiger partial charge is 0.227 e. The zero-order chi connectivity index (χ0) is 17.5. The highest BCUT2D eigenvalue weighted by molar-refractivity contribution is 5.92. The van der Waals surface area contributed by atoms with Crippen LogP contribution in [0, 0.1) is 11.8 Å². The number of nitrogens with two attached hydrogens (primary N) is 1. The lowest BCUT2D eigenvalue weighted by Crippen LogP contribution is -2.41. The van der Waals surface area contributed by atoms with E-state index in [9.17, 15) is 9.59 Å². The number of carbonyl (C=O) groups is 2. The molecule has 2 rings (SSSR count). The molecule has 24 heavy (non-hydrogen) atoms. The molecule has 0 spiro atoms. The van der Waals surface area contributed by atoms with E-state index in [1.165, 1.54) is 0 Å². The monoisotopic (exact) mass is 332 g/mol. The van der Waals surface area contributed by atoms with Gasteiger partial charge in [0.2, 0.25) is 11.8 Å². The van der Waals surface area contributed by atoms with Crippen LogP contribution in [0.15, 0.2) is 18.3 Å². The molecule has 1 aliphatic heterocycles. The maximum absolute atomic E-state index is 12.1. The number of pyridine rings is 1. The van der Waals surface area contributed by atoms with Gasteiger partial charge in [0.25, 0.3) is 0 Å². The minimum absolute atomic E-state index is 0.00282. The summed E-state index contributed by atoms with van der Waals surface area (Å²) in [7, 11) is 0. The van der Waals surface area contributed by atoms with E-state index in [0.29, 0.717) is 12.2 Å². The highest BCUT2D eigenvalue weighted by Crippen LogP contribution is 2.22. The zero-order valence-electron chi connectivity index (χ0n) is 14.6. The van der Waals surface area contributed by atoms with E-state index in [-0.39, 0.29) is 23.7 Å². The Bertz CT molecular complexity index is 559. The topological polar surface area (TPSA) is 88.3 Å². The predicted octanol–water partition coefficient (Wildman–Crippen LogP) is 2.55. The van der Waals surface area contributed by atoms with Crippen LogP contribution in [-0.4, -0.2) is 29.9 Å². The van der Waals surface area contributed by atoms with Gasteiger partial charge in [-0.1, -0.05) is 26.7 Å². The van der Waals surface area contributed by atoms with Crippen molar-refractivity contribution < 1.29 is 9.59 Å². The van der Waals surface area contributed by atoms with Crippen LogP contribution in [-0.2, 0) is 9.59 Å². The first-order valence-electron chi connectivity index (χ1n) is 8.82. The van der Waals surface area contributed by atoms with Gasteiger partial charge in [-0.15, -0.1) is 0 Å². The lowest BCUT2D eigenvalue weighted by molar-refractivity contribution is -0.122. The summed E-state index contributed by atoms with van der Waals surface area (Å²) in [6.07, 6.45) is 6.50. The molecule has 6 nitrogen and oxygen atoms in total. The minimum Gasteiger partial charge on any atom is -0.369 e. The molecule has 0 radical (unpaired) electrons. The maximum atomic E-state index is 12.1. The van der Waals surface area contributed by atoms with E-state index < -0.39 is 0 Å². The first-order valence-corrected chi connectivity index (χ1v) is 8.82. The maximum Gasteiger partial charge on any atom is 0.227 e. The quantitative estimate of drug-likeness (QED) is 0.803. The summed E-state index contributed by atoms with van der Waals surface area (Å²) in [4.78, 5) is 30.0. The molecule has 0 saturated carbocycles. The van der Waals surface area contributed by atoms with Crippen molar-refractivity contribution in [3.05, 3.63) is 18.3 Å². The molecule has 1 fully saturated rings. The number of nitrogens with one attached hydrogen (secondary N) is 1. The van der Waals surface area contributed by atoms with Crippen molar-refractivity contribution in [2.24, 2.45) is 17.6 Å². The average molecular weight is 332 g/mol. The summed E-state index contributed by atoms with van der Waals surface area (Å²) in [5.41, 5.74) is 6.12. The number of hydrogen-bond acceptors (Lipinski definition) is 4. The van der Waals surface area contributed by atoms with Crippen molar-refractivity contribution in [2.75, 3.05) is 23.3 Å². The number of hydrogen-bond donors (Lipinski definition) is 2. The van der Waals surface area contributed by atoms with Gasteiger partial charge in [-0.3, -0.25) is 9.59 Å². The molecule has 2 heterocycles. The van der Waals surface area contributed by atoms with Crippen molar-refractivity contribution in [3.8, 4) is 0 Å². The number of rotatable bonds is 7. The van der Waals surface area contributed by atoms with Crippen LogP contribution in [0.3, 0.4) is 0 Å². The van der Waals surface area contributed by atoms with Gasteiger partial charge in [0.1, 0.15) is 5.82 Å². The molecule has 0 aromatic carbocycles. The fourth-order valence-electron chi connectivity index (χ4n) is 2.97. The lowest BCUT2D eigenvalue weighted by atomic mass is 9.97. The van der Waals surface area contributed by atoms with Crippen LogP contribution in [0.25, 0.3) is 0 Å². The van der Waals surface area contributed by atoms with Crippen molar-refractivity contribution in [2.45, 2.75) is 46.0 Å². The van der Waals surface area contributed by atoms with Crippen molar-refractivity contribution >= 4 is 23.3 Å². The molecule has 2 amide bonds. The third kappa shape index (κ3) is 4.94. The van der Waals surface area contributed by atoms with Crippen LogP contribution < -0.4 is 16.0 Å². The third-order valence-corrected chi connectivity index (χ3v) is 4.60. The largest absolute Gasteiger partial charge is 0.369 e. The predicted molar refractivity (Wildman–Crippen MR) is 95.7 cm³/mol. The molecule has 1 aromatic rings. The van der Waals surface area contributed by atoms with Crippen LogP contribution in [0.5, 0.6) is 0 Å². The summed E-state index contributed by atoms with van der Waals surface area (Å²) in [6, 6.07) is 3.75. The van der Waals surface area contributed by atoms with Crippen LogP contribution >= 0.6 is 0 Å². The molecule has 0 aliphatic carbocycles. The molecule has 0 bridgehead atoms. The molecule has 2 atom stereocenters. The Labute approximate surface area is 143 Å². The molecular formula is C18H28N4O2. The number of aromatic nitrogens is 1. The summed E-state index contributed by atoms with van der Waals surface area (Å²) in [5, 5.41) is 2.91. The second-order valence-corrected chi connectivity index (χ2v) is 6.63. The number of anilines is 2. The SMILES string of the molecule is CCCC[C@@H](C)C(=O)Nc1ccc(N2CCC[C@H](C(N)=O)C2)nc1. The first kappa shape index (κ1) is 18.2. The Morgan fingerprint density at radius 1 is 1.46 bits per heavy atom. The Balaban J connectivity index is 1.93. The van der Waals surface area contributed by atoms with E-state index in [2.05, 4.69) is 22.1 Å². The summed E-state index contributed by atoms with van der Waals surface area (Å²) in [6.45, 7) is 5.56. The summed E-state index contributed by atoms with van der Waals surface area (Å²) >= 11 is 0. The zero-order valence-corrected chi connectivity index (χ0v) is 14.6. The van der Waals surface area contributed by atoms with Crippen LogP contribution in [0.1, 0.15) is 46.0 Å². The van der Waals surface area contributed by atoms with Crippen molar-refractivity contribution in [3.63, 3.8) is 0 Å². The highest BCUT2D eigenvalue weighted by atomic mass is 16.2. The van der Waals surface area contributed by atoms with E-state index in [0.717, 1.165) is 44.5 Å². The van der Waals surface area contributed by atoms with E-state index in [1.807, 2.05) is 19.1 Å². The number of primary amides is 1. The number of unbranched alkanes of at least 4 members (excludes halogenated alkanes) is 1. The lowest BCUT2D eigenvalue weighted by Gasteiger charge is -2.32. The fraction of sp³-hybridized carbons (Fsp3) is 0.611. The minimum atomic E-state index is -0.246. The molecule has 6 heteroatoms. The van der Waals surface area contributed by atoms with Crippen LogP contribution in [0.4, 0.5) is 11.5 Å². The normalized spacial score (nSPS) is 18.9. The fourth-order valence-corrected chi connectivity index (χ4v) is 2.97. The highest BCUT2D eigenvalue weighted by Gasteiger charge is 2.24.